The van der Waals surface area contributed by atoms with E-state index in [4.69, 9.17) is 21.1 Å². The van der Waals surface area contributed by atoms with Crippen LogP contribution < -0.4 is 14.4 Å². The Bertz CT molecular complexity index is 1730. The number of aliphatic hydroxyl groups excluding tert-OH is 1. The molecule has 1 aliphatic rings. The number of thiazole rings is 1. The number of carbonyl (C=O) groups excluding carboxylic acids is 2. The molecular weight excluding hydrogens is 640 g/mol. The SMILES string of the molecule is COc1cc(C2C(C(=O)c3sc(C)nc3C)=C(O)C(=O)N2c2nnc(SCc3ccccc3Cl)s2)ccc1OCCC(C)C. The number of aliphatic hydroxyl groups is 1. The zero-order valence-electron chi connectivity index (χ0n) is 24.8. The van der Waals surface area contributed by atoms with Crippen molar-refractivity contribution >= 4 is 62.9 Å². The number of Topliss-reactive ketones (excluding diaryl/α,β-unsaturated/α-hetero) is 1. The van der Waals surface area contributed by atoms with Crippen molar-refractivity contribution in [2.24, 2.45) is 5.92 Å². The average molecular weight is 671 g/mol. The summed E-state index contributed by atoms with van der Waals surface area (Å²) in [4.78, 5) is 33.7. The molecule has 9 nitrogen and oxygen atoms in total. The Morgan fingerprint density at radius 1 is 1.14 bits per heavy atom. The Kier molecular flexibility index (Phi) is 9.94. The van der Waals surface area contributed by atoms with Crippen LogP contribution in [0.3, 0.4) is 0 Å². The molecule has 0 saturated heterocycles. The van der Waals surface area contributed by atoms with Crippen LogP contribution in [-0.2, 0) is 10.5 Å². The summed E-state index contributed by atoms with van der Waals surface area (Å²) < 4.78 is 12.2. The molecule has 1 N–H and O–H groups in total. The van der Waals surface area contributed by atoms with Gasteiger partial charge in [0.15, 0.2) is 21.6 Å². The lowest BCUT2D eigenvalue weighted by molar-refractivity contribution is -0.117. The monoisotopic (exact) mass is 670 g/mol. The van der Waals surface area contributed by atoms with Crippen molar-refractivity contribution in [1.82, 2.24) is 15.2 Å². The highest BCUT2D eigenvalue weighted by atomic mass is 35.5. The van der Waals surface area contributed by atoms with Gasteiger partial charge in [0.2, 0.25) is 10.9 Å². The van der Waals surface area contributed by atoms with Crippen LogP contribution in [0.5, 0.6) is 11.5 Å². The Balaban J connectivity index is 1.53. The van der Waals surface area contributed by atoms with Crippen LogP contribution in [0.15, 0.2) is 58.1 Å². The molecule has 0 fully saturated rings. The molecule has 1 unspecified atom stereocenters. The number of hydrogen-bond acceptors (Lipinski definition) is 11. The Morgan fingerprint density at radius 2 is 1.91 bits per heavy atom. The fourth-order valence-corrected chi connectivity index (χ4v) is 7.73. The van der Waals surface area contributed by atoms with E-state index in [1.54, 1.807) is 32.0 Å². The van der Waals surface area contributed by atoms with Gasteiger partial charge >= 0.3 is 0 Å². The summed E-state index contributed by atoms with van der Waals surface area (Å²) in [5.41, 5.74) is 1.95. The third kappa shape index (κ3) is 6.63. The van der Waals surface area contributed by atoms with Crippen molar-refractivity contribution in [3.05, 3.63) is 85.5 Å². The van der Waals surface area contributed by atoms with Crippen molar-refractivity contribution < 1.29 is 24.2 Å². The lowest BCUT2D eigenvalue weighted by Gasteiger charge is -2.25. The molecule has 2 aromatic heterocycles. The highest BCUT2D eigenvalue weighted by molar-refractivity contribution is 8.00. The summed E-state index contributed by atoms with van der Waals surface area (Å²) in [7, 11) is 1.53. The third-order valence-corrected chi connectivity index (χ3v) is 10.5. The van der Waals surface area contributed by atoms with E-state index < -0.39 is 23.5 Å². The molecule has 0 bridgehead atoms. The van der Waals surface area contributed by atoms with Crippen molar-refractivity contribution in [3.8, 4) is 11.5 Å². The maximum Gasteiger partial charge on any atom is 0.296 e. The first-order chi connectivity index (χ1) is 21.1. The van der Waals surface area contributed by atoms with Gasteiger partial charge in [0, 0.05) is 10.8 Å². The van der Waals surface area contributed by atoms with Gasteiger partial charge in [0.05, 0.1) is 40.9 Å². The zero-order chi connectivity index (χ0) is 31.5. The number of anilines is 1. The van der Waals surface area contributed by atoms with Gasteiger partial charge in [-0.1, -0.05) is 72.8 Å². The molecule has 230 valence electrons. The van der Waals surface area contributed by atoms with Crippen molar-refractivity contribution in [2.75, 3.05) is 18.6 Å². The van der Waals surface area contributed by atoms with Gasteiger partial charge in [-0.25, -0.2) is 4.98 Å². The molecule has 0 saturated carbocycles. The number of methoxy groups -OCH3 is 1. The van der Waals surface area contributed by atoms with Gasteiger partial charge in [-0.05, 0) is 55.5 Å². The number of rotatable bonds is 12. The highest BCUT2D eigenvalue weighted by Crippen LogP contribution is 2.46. The summed E-state index contributed by atoms with van der Waals surface area (Å²) in [6.45, 7) is 8.28. The average Bonchev–Trinajstić information content (AvgIpc) is 3.67. The molecule has 0 spiro atoms. The maximum atomic E-state index is 14.0. The Labute approximate surface area is 272 Å². The minimum atomic E-state index is -0.996. The van der Waals surface area contributed by atoms with Crippen LogP contribution >= 0.6 is 46.0 Å². The van der Waals surface area contributed by atoms with Crippen LogP contribution in [0.2, 0.25) is 5.02 Å². The number of amides is 1. The van der Waals surface area contributed by atoms with E-state index in [9.17, 15) is 14.7 Å². The minimum Gasteiger partial charge on any atom is -0.503 e. The van der Waals surface area contributed by atoms with E-state index in [-0.39, 0.29) is 10.7 Å². The Morgan fingerprint density at radius 3 is 2.59 bits per heavy atom. The van der Waals surface area contributed by atoms with E-state index in [1.165, 1.54) is 46.4 Å². The molecule has 3 heterocycles. The fourth-order valence-electron chi connectivity index (χ4n) is 4.71. The van der Waals surface area contributed by atoms with E-state index in [1.807, 2.05) is 24.3 Å². The van der Waals surface area contributed by atoms with E-state index >= 15 is 0 Å². The standard InChI is InChI=1S/C31H31ClN4O5S3/c1-16(2)12-13-41-22-11-10-19(14-23(22)40-5)25-24(26(37)28-17(3)33-18(4)43-28)27(38)29(39)36(25)30-34-35-31(44-30)42-15-20-8-6-7-9-21(20)32/h6-11,14,16,25,38H,12-13,15H2,1-5H3. The predicted octanol–water partition coefficient (Wildman–Crippen LogP) is 7.77. The normalized spacial score (nSPS) is 15.0. The molecule has 0 radical (unpaired) electrons. The number of ketones is 1. The second-order valence-corrected chi connectivity index (χ2v) is 14.3. The van der Waals surface area contributed by atoms with E-state index in [0.29, 0.717) is 60.3 Å². The van der Waals surface area contributed by atoms with Crippen LogP contribution in [0.1, 0.15) is 57.8 Å². The zero-order valence-corrected chi connectivity index (χ0v) is 28.0. The largest absolute Gasteiger partial charge is 0.503 e. The summed E-state index contributed by atoms with van der Waals surface area (Å²) in [6.07, 6.45) is 0.868. The van der Waals surface area contributed by atoms with Crippen molar-refractivity contribution in [2.45, 2.75) is 50.3 Å². The fraction of sp³-hybridized carbons (Fsp3) is 0.323. The number of hydrogen-bond donors (Lipinski definition) is 1. The Hall–Kier alpha value is -3.45. The summed E-state index contributed by atoms with van der Waals surface area (Å²) in [5, 5.41) is 21.4. The summed E-state index contributed by atoms with van der Waals surface area (Å²) in [5.74, 6) is 0.151. The number of aryl methyl sites for hydroxylation is 2. The van der Waals surface area contributed by atoms with Gasteiger partial charge in [0.25, 0.3) is 5.91 Å². The number of halogens is 1. The van der Waals surface area contributed by atoms with Crippen LogP contribution in [-0.4, -0.2) is 45.7 Å². The first-order valence-corrected chi connectivity index (χ1v) is 16.8. The lowest BCUT2D eigenvalue weighted by Crippen LogP contribution is -2.31. The van der Waals surface area contributed by atoms with Crippen molar-refractivity contribution in [3.63, 3.8) is 0 Å². The van der Waals surface area contributed by atoms with Gasteiger partial charge in [-0.15, -0.1) is 21.5 Å². The molecule has 13 heteroatoms. The number of thioether (sulfide) groups is 1. The maximum absolute atomic E-state index is 14.0. The second-order valence-electron chi connectivity index (χ2n) is 10.5. The van der Waals surface area contributed by atoms with Gasteiger partial charge in [0.1, 0.15) is 0 Å². The topological polar surface area (TPSA) is 115 Å². The number of carbonyl (C=O) groups is 2. The molecule has 1 atom stereocenters. The smallest absolute Gasteiger partial charge is 0.296 e. The molecule has 5 rings (SSSR count). The molecule has 1 amide bonds. The van der Waals surface area contributed by atoms with Gasteiger partial charge < -0.3 is 14.6 Å². The number of ether oxygens (including phenoxy) is 2. The van der Waals surface area contributed by atoms with Crippen LogP contribution in [0.4, 0.5) is 5.13 Å². The number of aromatic nitrogens is 3. The second kappa shape index (κ2) is 13.7. The predicted molar refractivity (Wildman–Crippen MR) is 175 cm³/mol. The van der Waals surface area contributed by atoms with E-state index in [2.05, 4.69) is 29.0 Å². The first-order valence-electron chi connectivity index (χ1n) is 13.8. The van der Waals surface area contributed by atoms with E-state index in [0.717, 1.165) is 12.0 Å². The number of nitrogens with zero attached hydrogens (tertiary/aromatic N) is 4. The summed E-state index contributed by atoms with van der Waals surface area (Å²) in [6, 6.07) is 11.8. The summed E-state index contributed by atoms with van der Waals surface area (Å²) >= 11 is 10.2. The number of benzene rings is 2. The minimum absolute atomic E-state index is 0.0576. The molecule has 4 aromatic rings. The first kappa shape index (κ1) is 32.0. The molecule has 44 heavy (non-hydrogen) atoms. The highest BCUT2D eigenvalue weighted by Gasteiger charge is 2.47. The quantitative estimate of drug-likeness (QED) is 0.0917. The van der Waals surface area contributed by atoms with Gasteiger partial charge in [-0.3, -0.25) is 14.5 Å². The molecule has 1 aliphatic heterocycles. The molecule has 0 aliphatic carbocycles. The van der Waals surface area contributed by atoms with Crippen molar-refractivity contribution in [1.29, 1.82) is 0 Å². The lowest BCUT2D eigenvalue weighted by atomic mass is 9.95. The van der Waals surface area contributed by atoms with Crippen LogP contribution in [0.25, 0.3) is 0 Å². The molecule has 2 aromatic carbocycles. The van der Waals surface area contributed by atoms with Gasteiger partial charge in [-0.2, -0.15) is 0 Å². The third-order valence-electron chi connectivity index (χ3n) is 6.93. The molecular formula is C31H31ClN4O5S3. The van der Waals surface area contributed by atoms with Crippen LogP contribution in [0, 0.1) is 19.8 Å².